The van der Waals surface area contributed by atoms with Gasteiger partial charge in [-0.05, 0) is 26.8 Å². The molecular weight excluding hydrogens is 285 g/mol. The molecule has 1 aromatic heterocycles. The van der Waals surface area contributed by atoms with Crippen molar-refractivity contribution < 1.29 is 13.6 Å². The molecule has 0 saturated heterocycles. The lowest BCUT2D eigenvalue weighted by atomic mass is 10.4. The minimum absolute atomic E-state index is 0.585. The molecule has 0 spiro atoms. The zero-order valence-corrected chi connectivity index (χ0v) is 13.6. The smallest absolute Gasteiger partial charge is 0.341 e. The Labute approximate surface area is 118 Å². The summed E-state index contributed by atoms with van der Waals surface area (Å²) in [5.41, 5.74) is 0.818. The summed E-state index contributed by atoms with van der Waals surface area (Å²) in [6.45, 7) is 4.41. The minimum Gasteiger partial charge on any atom is -0.341 e. The Morgan fingerprint density at radius 1 is 1.26 bits per heavy atom. The van der Waals surface area contributed by atoms with E-state index in [0.717, 1.165) is 30.2 Å². The normalized spacial score (nSPS) is 11.6. The zero-order valence-electron chi connectivity index (χ0n) is 11.9. The molecule has 0 bridgehead atoms. The third kappa shape index (κ3) is 4.45. The largest absolute Gasteiger partial charge is 0.394 e. The van der Waals surface area contributed by atoms with Crippen molar-refractivity contribution in [1.29, 1.82) is 0 Å². The Morgan fingerprint density at radius 2 is 1.84 bits per heavy atom. The lowest BCUT2D eigenvalue weighted by molar-refractivity contribution is 0.295. The van der Waals surface area contributed by atoms with Crippen molar-refractivity contribution in [3.8, 4) is 0 Å². The van der Waals surface area contributed by atoms with Crippen molar-refractivity contribution in [3.63, 3.8) is 0 Å². The van der Waals surface area contributed by atoms with E-state index in [1.807, 2.05) is 25.7 Å². The fourth-order valence-electron chi connectivity index (χ4n) is 1.48. The molecule has 0 atom stereocenters. The van der Waals surface area contributed by atoms with Gasteiger partial charge in [0.25, 0.3) is 0 Å². The highest BCUT2D eigenvalue weighted by molar-refractivity contribution is 8.55. The number of nitrogens with zero attached hydrogens (tertiary/aromatic N) is 3. The monoisotopic (exact) mass is 305 g/mol. The molecule has 6 nitrogen and oxygen atoms in total. The summed E-state index contributed by atoms with van der Waals surface area (Å²) in [6.07, 6.45) is 0. The van der Waals surface area contributed by atoms with Crippen molar-refractivity contribution >= 4 is 24.1 Å². The zero-order chi connectivity index (χ0) is 14.5. The van der Waals surface area contributed by atoms with Crippen LogP contribution in [0.1, 0.15) is 19.5 Å². The summed E-state index contributed by atoms with van der Waals surface area (Å²) in [7, 11) is 2.72. The minimum atomic E-state index is -3.18. The van der Waals surface area contributed by atoms with Gasteiger partial charge in [0.2, 0.25) is 5.95 Å². The molecule has 0 aliphatic rings. The highest BCUT2D eigenvalue weighted by Gasteiger charge is 2.25. The summed E-state index contributed by atoms with van der Waals surface area (Å²) >= 11 is 0.991. The molecule has 0 unspecified atom stereocenters. The SMILES string of the molecule is CCN(CC)c1nc(C)cc(SP(=O)(OC)OC)n1. The molecule has 0 saturated carbocycles. The second kappa shape index (κ2) is 7.24. The van der Waals surface area contributed by atoms with Crippen LogP contribution in [0.25, 0.3) is 0 Å². The van der Waals surface area contributed by atoms with Gasteiger partial charge in [0.05, 0.1) is 0 Å². The molecule has 1 aromatic rings. The van der Waals surface area contributed by atoms with Gasteiger partial charge >= 0.3 is 6.80 Å². The molecule has 1 rings (SSSR count). The summed E-state index contributed by atoms with van der Waals surface area (Å²) in [5, 5.41) is 0.585. The average molecular weight is 305 g/mol. The van der Waals surface area contributed by atoms with Gasteiger partial charge in [-0.15, -0.1) is 0 Å². The molecule has 0 N–H and O–H groups in total. The third-order valence-corrected chi connectivity index (χ3v) is 6.16. The summed E-state index contributed by atoms with van der Waals surface area (Å²) in [4.78, 5) is 10.8. The number of hydrogen-bond acceptors (Lipinski definition) is 7. The average Bonchev–Trinajstić information content (AvgIpc) is 2.39. The number of rotatable bonds is 7. The van der Waals surface area contributed by atoms with Crippen molar-refractivity contribution in [2.75, 3.05) is 32.2 Å². The highest BCUT2D eigenvalue weighted by atomic mass is 32.7. The molecule has 108 valence electrons. The molecule has 0 radical (unpaired) electrons. The molecule has 19 heavy (non-hydrogen) atoms. The molecule has 0 aliphatic carbocycles. The van der Waals surface area contributed by atoms with Crippen LogP contribution in [0, 0.1) is 6.92 Å². The molecule has 0 aromatic carbocycles. The third-order valence-electron chi connectivity index (χ3n) is 2.52. The van der Waals surface area contributed by atoms with Crippen LogP contribution in [0.4, 0.5) is 5.95 Å². The first-order valence-corrected chi connectivity index (χ1v) is 8.96. The predicted octanol–water partition coefficient (Wildman–Crippen LogP) is 3.12. The van der Waals surface area contributed by atoms with Crippen molar-refractivity contribution in [2.45, 2.75) is 25.8 Å². The van der Waals surface area contributed by atoms with Gasteiger partial charge in [-0.25, -0.2) is 14.5 Å². The maximum atomic E-state index is 12.1. The van der Waals surface area contributed by atoms with Crippen molar-refractivity contribution in [3.05, 3.63) is 11.8 Å². The molecule has 0 amide bonds. The number of aryl methyl sites for hydroxylation is 1. The predicted molar refractivity (Wildman–Crippen MR) is 77.8 cm³/mol. The van der Waals surface area contributed by atoms with Crippen LogP contribution in [0.3, 0.4) is 0 Å². The molecule has 1 heterocycles. The van der Waals surface area contributed by atoms with Gasteiger partial charge in [0, 0.05) is 44.4 Å². The van der Waals surface area contributed by atoms with Crippen LogP contribution in [-0.2, 0) is 13.6 Å². The Hall–Kier alpha value is -0.620. The molecule has 0 aliphatic heterocycles. The van der Waals surface area contributed by atoms with Crippen LogP contribution < -0.4 is 4.90 Å². The highest BCUT2D eigenvalue weighted by Crippen LogP contribution is 2.62. The number of aromatic nitrogens is 2. The van der Waals surface area contributed by atoms with Crippen molar-refractivity contribution in [1.82, 2.24) is 9.97 Å². The summed E-state index contributed by atoms with van der Waals surface area (Å²) < 4.78 is 21.9. The Bertz CT molecular complexity index is 460. The van der Waals surface area contributed by atoms with Gasteiger partial charge in [0.15, 0.2) is 0 Å². The van der Waals surface area contributed by atoms with Gasteiger partial charge in [-0.3, -0.25) is 0 Å². The second-order valence-corrected chi connectivity index (χ2v) is 7.84. The van der Waals surface area contributed by atoms with E-state index in [1.165, 1.54) is 14.2 Å². The summed E-state index contributed by atoms with van der Waals surface area (Å²) in [6, 6.07) is 1.77. The fourth-order valence-corrected chi connectivity index (χ4v) is 3.77. The quantitative estimate of drug-likeness (QED) is 0.566. The van der Waals surface area contributed by atoms with Crippen LogP contribution in [0.5, 0.6) is 0 Å². The first-order chi connectivity index (χ1) is 8.97. The van der Waals surface area contributed by atoms with Crippen LogP contribution in [-0.4, -0.2) is 37.3 Å². The Balaban J connectivity index is 3.06. The van der Waals surface area contributed by atoms with Crippen molar-refractivity contribution in [2.24, 2.45) is 0 Å². The van der Waals surface area contributed by atoms with Crippen LogP contribution >= 0.6 is 18.2 Å². The number of anilines is 1. The van der Waals surface area contributed by atoms with Gasteiger partial charge in [-0.1, -0.05) is 0 Å². The van der Waals surface area contributed by atoms with Gasteiger partial charge < -0.3 is 13.9 Å². The second-order valence-electron chi connectivity index (χ2n) is 3.72. The van der Waals surface area contributed by atoms with E-state index >= 15 is 0 Å². The lowest BCUT2D eigenvalue weighted by Crippen LogP contribution is -2.24. The maximum absolute atomic E-state index is 12.1. The van der Waals surface area contributed by atoms with E-state index in [2.05, 4.69) is 9.97 Å². The van der Waals surface area contributed by atoms with Gasteiger partial charge in [0.1, 0.15) is 5.03 Å². The van der Waals surface area contributed by atoms with E-state index < -0.39 is 6.80 Å². The van der Waals surface area contributed by atoms with E-state index in [0.29, 0.717) is 11.0 Å². The molecule has 0 fully saturated rings. The Kier molecular flexibility index (Phi) is 6.26. The number of hydrogen-bond donors (Lipinski definition) is 0. The standard InChI is InChI=1S/C11H20N3O3PS/c1-6-14(7-2)11-12-9(3)8-10(13-11)19-18(15,16-4)17-5/h8H,6-7H2,1-5H3. The van der Waals surface area contributed by atoms with Crippen LogP contribution in [0.2, 0.25) is 0 Å². The topological polar surface area (TPSA) is 64.6 Å². The van der Waals surface area contributed by atoms with E-state index in [4.69, 9.17) is 9.05 Å². The maximum Gasteiger partial charge on any atom is 0.394 e. The first kappa shape index (κ1) is 16.4. The Morgan fingerprint density at radius 3 is 2.32 bits per heavy atom. The molecular formula is C11H20N3O3PS. The fraction of sp³-hybridized carbons (Fsp3) is 0.636. The van der Waals surface area contributed by atoms with E-state index in [1.54, 1.807) is 6.07 Å². The summed E-state index contributed by atoms with van der Waals surface area (Å²) in [5.74, 6) is 0.631. The lowest BCUT2D eigenvalue weighted by Gasteiger charge is -2.20. The van der Waals surface area contributed by atoms with E-state index in [-0.39, 0.29) is 0 Å². The van der Waals surface area contributed by atoms with Gasteiger partial charge in [-0.2, -0.15) is 0 Å². The molecule has 8 heteroatoms. The van der Waals surface area contributed by atoms with E-state index in [9.17, 15) is 4.57 Å². The first-order valence-electron chi connectivity index (χ1n) is 5.99. The van der Waals surface area contributed by atoms with Crippen LogP contribution in [0.15, 0.2) is 11.1 Å².